The van der Waals surface area contributed by atoms with Gasteiger partial charge in [0.05, 0.1) is 0 Å². The molecule has 0 aliphatic heterocycles. The predicted octanol–water partition coefficient (Wildman–Crippen LogP) is 4.59. The summed E-state index contributed by atoms with van der Waals surface area (Å²) in [5.74, 6) is 0. The number of nitrogens with one attached hydrogen (secondary N) is 2. The zero-order valence-corrected chi connectivity index (χ0v) is 15.9. The molecule has 0 unspecified atom stereocenters. The Labute approximate surface area is 157 Å². The monoisotopic (exact) mass is 401 g/mol. The quantitative estimate of drug-likeness (QED) is 0.769. The summed E-state index contributed by atoms with van der Waals surface area (Å²) in [5, 5.41) is 6.25. The van der Waals surface area contributed by atoms with Crippen molar-refractivity contribution in [2.75, 3.05) is 0 Å². The highest BCUT2D eigenvalue weighted by molar-refractivity contribution is 9.10. The smallest absolute Gasteiger partial charge is 0.315 e. The average Bonchev–Trinajstić information content (AvgIpc) is 2.63. The molecule has 0 radical (unpaired) electrons. The number of carbonyl (C=O) groups excluding carboxylic acids is 1. The van der Waals surface area contributed by atoms with Gasteiger partial charge in [-0.15, -0.1) is 0 Å². The van der Waals surface area contributed by atoms with Crippen molar-refractivity contribution in [3.05, 3.63) is 64.4 Å². The van der Waals surface area contributed by atoms with Crippen LogP contribution in [0, 0.1) is 0 Å². The molecule has 4 nitrogen and oxygen atoms in total. The Morgan fingerprint density at radius 3 is 2.52 bits per heavy atom. The number of nitrogens with zero attached hydrogens (tertiary/aromatic N) is 1. The second-order valence-corrected chi connectivity index (χ2v) is 7.73. The van der Waals surface area contributed by atoms with Crippen LogP contribution in [0.2, 0.25) is 0 Å². The van der Waals surface area contributed by atoms with Crippen LogP contribution in [-0.2, 0) is 13.0 Å². The van der Waals surface area contributed by atoms with Gasteiger partial charge in [0.25, 0.3) is 0 Å². The lowest BCUT2D eigenvalue weighted by atomic mass is 9.77. The van der Waals surface area contributed by atoms with Crippen LogP contribution in [0.4, 0.5) is 4.79 Å². The minimum atomic E-state index is -0.148. The summed E-state index contributed by atoms with van der Waals surface area (Å²) in [5.41, 5.74) is 2.12. The molecule has 2 N–H and O–H groups in total. The van der Waals surface area contributed by atoms with Crippen molar-refractivity contribution >= 4 is 22.0 Å². The van der Waals surface area contributed by atoms with Crippen molar-refractivity contribution in [2.24, 2.45) is 0 Å². The number of rotatable bonds is 5. The Kier molecular flexibility index (Phi) is 6.08. The first kappa shape index (κ1) is 17.9. The number of aromatic nitrogens is 1. The standard InChI is InChI=1S/C20H24BrN3O/c21-18-8-6-16(7-9-18)13-20(10-2-1-3-11-20)24-19(25)23-15-17-5-4-12-22-14-17/h4-9,12,14H,1-3,10-11,13,15H2,(H2,23,24,25). The van der Waals surface area contributed by atoms with E-state index in [4.69, 9.17) is 0 Å². The van der Waals surface area contributed by atoms with Crippen molar-refractivity contribution in [1.29, 1.82) is 0 Å². The molecule has 1 aliphatic carbocycles. The van der Waals surface area contributed by atoms with E-state index in [9.17, 15) is 4.79 Å². The molecular formula is C20H24BrN3O. The summed E-state index contributed by atoms with van der Waals surface area (Å²) in [6.45, 7) is 0.494. The third-order valence-electron chi connectivity index (χ3n) is 4.82. The molecule has 25 heavy (non-hydrogen) atoms. The van der Waals surface area contributed by atoms with Crippen molar-refractivity contribution in [2.45, 2.75) is 50.6 Å². The number of benzene rings is 1. The summed E-state index contributed by atoms with van der Waals surface area (Å²) in [7, 11) is 0. The molecule has 1 fully saturated rings. The molecule has 2 amide bonds. The Hall–Kier alpha value is -1.88. The number of hydrogen-bond acceptors (Lipinski definition) is 2. The van der Waals surface area contributed by atoms with E-state index in [2.05, 4.69) is 55.8 Å². The Balaban J connectivity index is 1.63. The van der Waals surface area contributed by atoms with E-state index >= 15 is 0 Å². The third-order valence-corrected chi connectivity index (χ3v) is 5.35. The molecular weight excluding hydrogens is 378 g/mol. The molecule has 2 aromatic rings. The van der Waals surface area contributed by atoms with Gasteiger partial charge in [0.1, 0.15) is 0 Å². The van der Waals surface area contributed by atoms with E-state index < -0.39 is 0 Å². The number of amides is 2. The van der Waals surface area contributed by atoms with Gasteiger partial charge < -0.3 is 10.6 Å². The number of urea groups is 1. The van der Waals surface area contributed by atoms with Gasteiger partial charge >= 0.3 is 6.03 Å². The molecule has 0 atom stereocenters. The molecule has 5 heteroatoms. The van der Waals surface area contributed by atoms with Crippen LogP contribution in [0.1, 0.15) is 43.2 Å². The van der Waals surface area contributed by atoms with Crippen LogP contribution in [0.25, 0.3) is 0 Å². The predicted molar refractivity (Wildman–Crippen MR) is 103 cm³/mol. The largest absolute Gasteiger partial charge is 0.334 e. The van der Waals surface area contributed by atoms with E-state index in [0.29, 0.717) is 6.54 Å². The molecule has 1 saturated carbocycles. The van der Waals surface area contributed by atoms with Crippen molar-refractivity contribution in [3.8, 4) is 0 Å². The number of halogens is 1. The lowest BCUT2D eigenvalue weighted by molar-refractivity contribution is 0.201. The first-order valence-corrected chi connectivity index (χ1v) is 9.64. The van der Waals surface area contributed by atoms with Crippen LogP contribution in [0.5, 0.6) is 0 Å². The number of pyridine rings is 1. The Bertz CT molecular complexity index is 682. The first-order chi connectivity index (χ1) is 12.2. The van der Waals surface area contributed by atoms with Crippen molar-refractivity contribution < 1.29 is 4.79 Å². The molecule has 3 rings (SSSR count). The number of carbonyl (C=O) groups is 1. The maximum absolute atomic E-state index is 12.5. The van der Waals surface area contributed by atoms with Gasteiger partial charge in [-0.2, -0.15) is 0 Å². The molecule has 0 spiro atoms. The van der Waals surface area contributed by atoms with Gasteiger partial charge in [0.2, 0.25) is 0 Å². The first-order valence-electron chi connectivity index (χ1n) is 8.85. The fourth-order valence-corrected chi connectivity index (χ4v) is 3.80. The van der Waals surface area contributed by atoms with E-state index in [-0.39, 0.29) is 11.6 Å². The van der Waals surface area contributed by atoms with Crippen LogP contribution in [0.15, 0.2) is 53.3 Å². The number of hydrogen-bond donors (Lipinski definition) is 2. The second kappa shape index (κ2) is 8.48. The Morgan fingerprint density at radius 2 is 1.84 bits per heavy atom. The molecule has 132 valence electrons. The molecule has 1 aromatic heterocycles. The van der Waals surface area contributed by atoms with E-state index in [0.717, 1.165) is 29.3 Å². The lowest BCUT2D eigenvalue weighted by Gasteiger charge is -2.38. The van der Waals surface area contributed by atoms with Gasteiger partial charge in [-0.1, -0.05) is 53.4 Å². The van der Waals surface area contributed by atoms with Gasteiger partial charge in [-0.3, -0.25) is 4.98 Å². The Morgan fingerprint density at radius 1 is 1.08 bits per heavy atom. The highest BCUT2D eigenvalue weighted by Crippen LogP contribution is 2.31. The van der Waals surface area contributed by atoms with Crippen LogP contribution in [0.3, 0.4) is 0 Å². The fraction of sp³-hybridized carbons (Fsp3) is 0.400. The van der Waals surface area contributed by atoms with Crippen molar-refractivity contribution in [1.82, 2.24) is 15.6 Å². The van der Waals surface area contributed by atoms with Crippen LogP contribution < -0.4 is 10.6 Å². The zero-order valence-electron chi connectivity index (χ0n) is 14.3. The summed E-state index contributed by atoms with van der Waals surface area (Å²) in [6.07, 6.45) is 10.0. The van der Waals surface area contributed by atoms with E-state index in [1.54, 1.807) is 12.4 Å². The molecule has 1 aromatic carbocycles. The minimum absolute atomic E-state index is 0.0946. The summed E-state index contributed by atoms with van der Waals surface area (Å²) in [6, 6.07) is 12.1. The second-order valence-electron chi connectivity index (χ2n) is 6.81. The normalized spacial score (nSPS) is 16.2. The van der Waals surface area contributed by atoms with E-state index in [1.165, 1.54) is 24.8 Å². The minimum Gasteiger partial charge on any atom is -0.334 e. The maximum Gasteiger partial charge on any atom is 0.315 e. The fourth-order valence-electron chi connectivity index (χ4n) is 3.54. The third kappa shape index (κ3) is 5.30. The average molecular weight is 402 g/mol. The molecule has 1 aliphatic rings. The molecule has 0 bridgehead atoms. The molecule has 1 heterocycles. The SMILES string of the molecule is O=C(NCc1cccnc1)NC1(Cc2ccc(Br)cc2)CCCCC1. The van der Waals surface area contributed by atoms with E-state index in [1.807, 2.05) is 12.1 Å². The van der Waals surface area contributed by atoms with Gasteiger partial charge in [-0.05, 0) is 48.6 Å². The maximum atomic E-state index is 12.5. The lowest BCUT2D eigenvalue weighted by Crippen LogP contribution is -2.54. The van der Waals surface area contributed by atoms with Gasteiger partial charge in [0, 0.05) is 29.0 Å². The van der Waals surface area contributed by atoms with Gasteiger partial charge in [-0.25, -0.2) is 4.79 Å². The van der Waals surface area contributed by atoms with Gasteiger partial charge in [0.15, 0.2) is 0 Å². The topological polar surface area (TPSA) is 54.0 Å². The summed E-state index contributed by atoms with van der Waals surface area (Å²) in [4.78, 5) is 16.6. The summed E-state index contributed by atoms with van der Waals surface area (Å²) >= 11 is 3.48. The molecule has 0 saturated heterocycles. The zero-order chi connectivity index (χ0) is 17.5. The van der Waals surface area contributed by atoms with Crippen LogP contribution in [-0.4, -0.2) is 16.6 Å². The van der Waals surface area contributed by atoms with Crippen LogP contribution >= 0.6 is 15.9 Å². The highest BCUT2D eigenvalue weighted by atomic mass is 79.9. The van der Waals surface area contributed by atoms with Crippen molar-refractivity contribution in [3.63, 3.8) is 0 Å². The summed E-state index contributed by atoms with van der Waals surface area (Å²) < 4.78 is 1.08. The highest BCUT2D eigenvalue weighted by Gasteiger charge is 2.33.